The summed E-state index contributed by atoms with van der Waals surface area (Å²) in [5, 5.41) is 7.80. The number of nitrogens with two attached hydrogens (primary N) is 1. The Labute approximate surface area is 145 Å². The van der Waals surface area contributed by atoms with E-state index < -0.39 is 10.0 Å². The van der Waals surface area contributed by atoms with Crippen LogP contribution in [0.5, 0.6) is 0 Å². The Balaban J connectivity index is 2.12. The molecule has 2 aromatic carbocycles. The molecule has 0 saturated carbocycles. The van der Waals surface area contributed by atoms with Crippen molar-refractivity contribution in [2.24, 2.45) is 5.14 Å². The van der Waals surface area contributed by atoms with Gasteiger partial charge in [-0.15, -0.1) is 11.8 Å². The second-order valence-corrected chi connectivity index (χ2v) is 7.56. The molecule has 6 nitrogen and oxygen atoms in total. The van der Waals surface area contributed by atoms with Crippen LogP contribution in [0.15, 0.2) is 58.3 Å². The smallest absolute Gasteiger partial charge is 0.256 e. The first kappa shape index (κ1) is 18.5. The van der Waals surface area contributed by atoms with E-state index in [-0.39, 0.29) is 10.8 Å². The number of primary sulfonamides is 1. The summed E-state index contributed by atoms with van der Waals surface area (Å²) in [5.41, 5.74) is 1.04. The summed E-state index contributed by atoms with van der Waals surface area (Å²) in [6, 6.07) is 13.0. The molecule has 0 bridgehead atoms. The maximum absolute atomic E-state index is 12.5. The quantitative estimate of drug-likeness (QED) is 0.579. The zero-order valence-corrected chi connectivity index (χ0v) is 14.7. The number of nitrogens with one attached hydrogen (secondary N) is 1. The maximum Gasteiger partial charge on any atom is 0.256 e. The summed E-state index contributed by atoms with van der Waals surface area (Å²) in [5.74, 6) is 0.475. The van der Waals surface area contributed by atoms with E-state index >= 15 is 0 Å². The number of ether oxygens (including phenoxy) is 1. The molecule has 128 valence electrons. The van der Waals surface area contributed by atoms with Gasteiger partial charge in [-0.2, -0.15) is 0 Å². The third-order valence-electron chi connectivity index (χ3n) is 3.12. The molecule has 1 amide bonds. The van der Waals surface area contributed by atoms with Crippen LogP contribution >= 0.6 is 11.8 Å². The molecule has 0 aliphatic heterocycles. The summed E-state index contributed by atoms with van der Waals surface area (Å²) < 4.78 is 27.5. The molecule has 0 spiro atoms. The monoisotopic (exact) mass is 366 g/mol. The highest BCUT2D eigenvalue weighted by molar-refractivity contribution is 7.99. The highest BCUT2D eigenvalue weighted by atomic mass is 32.2. The highest BCUT2D eigenvalue weighted by Crippen LogP contribution is 2.23. The van der Waals surface area contributed by atoms with Crippen LogP contribution in [0.25, 0.3) is 0 Å². The summed E-state index contributed by atoms with van der Waals surface area (Å²) in [7, 11) is -2.12. The van der Waals surface area contributed by atoms with Crippen molar-refractivity contribution in [3.05, 3.63) is 54.1 Å². The van der Waals surface area contributed by atoms with Crippen molar-refractivity contribution in [1.82, 2.24) is 0 Å². The Bertz CT molecular complexity index is 805. The number of hydrogen-bond donors (Lipinski definition) is 2. The number of benzene rings is 2. The lowest BCUT2D eigenvalue weighted by atomic mass is 10.2. The molecule has 0 atom stereocenters. The Morgan fingerprint density at radius 2 is 1.83 bits per heavy atom. The number of thioether (sulfide) groups is 1. The van der Waals surface area contributed by atoms with E-state index in [1.54, 1.807) is 19.2 Å². The van der Waals surface area contributed by atoms with Crippen molar-refractivity contribution in [2.45, 2.75) is 9.79 Å². The fraction of sp³-hybridized carbons (Fsp3) is 0.188. The minimum absolute atomic E-state index is 0.00368. The first-order valence-electron chi connectivity index (χ1n) is 7.07. The lowest BCUT2D eigenvalue weighted by Crippen LogP contribution is -2.14. The van der Waals surface area contributed by atoms with Gasteiger partial charge in [-0.3, -0.25) is 4.79 Å². The molecule has 2 aromatic rings. The van der Waals surface area contributed by atoms with Gasteiger partial charge in [0, 0.05) is 23.4 Å². The molecule has 0 unspecified atom stereocenters. The fourth-order valence-electron chi connectivity index (χ4n) is 1.94. The molecule has 0 fully saturated rings. The van der Waals surface area contributed by atoms with Crippen LogP contribution < -0.4 is 10.5 Å². The molecule has 3 N–H and O–H groups in total. The van der Waals surface area contributed by atoms with E-state index in [4.69, 9.17) is 9.88 Å². The number of anilines is 1. The Kier molecular flexibility index (Phi) is 6.38. The largest absolute Gasteiger partial charge is 0.384 e. The van der Waals surface area contributed by atoms with Crippen molar-refractivity contribution in [1.29, 1.82) is 0 Å². The van der Waals surface area contributed by atoms with Crippen molar-refractivity contribution >= 4 is 33.4 Å². The number of hydrogen-bond acceptors (Lipinski definition) is 5. The molecule has 0 heterocycles. The van der Waals surface area contributed by atoms with Gasteiger partial charge in [0.05, 0.1) is 17.1 Å². The second-order valence-electron chi connectivity index (χ2n) is 4.86. The third kappa shape index (κ3) is 5.07. The van der Waals surface area contributed by atoms with Crippen LogP contribution in [-0.2, 0) is 14.8 Å². The molecule has 24 heavy (non-hydrogen) atoms. The second kappa shape index (κ2) is 8.29. The van der Waals surface area contributed by atoms with E-state index in [1.807, 2.05) is 12.1 Å². The summed E-state index contributed by atoms with van der Waals surface area (Å²) >= 11 is 1.53. The zero-order valence-electron chi connectivity index (χ0n) is 13.1. The summed E-state index contributed by atoms with van der Waals surface area (Å²) in [6.45, 7) is 0.593. The predicted molar refractivity (Wildman–Crippen MR) is 94.8 cm³/mol. The molecule has 0 aliphatic carbocycles. The van der Waals surface area contributed by atoms with Gasteiger partial charge in [-0.05, 0) is 36.4 Å². The number of methoxy groups -OCH3 is 1. The zero-order chi connectivity index (χ0) is 17.6. The number of carbonyl (C=O) groups is 1. The molecule has 8 heteroatoms. The van der Waals surface area contributed by atoms with Crippen molar-refractivity contribution < 1.29 is 17.9 Å². The highest BCUT2D eigenvalue weighted by Gasteiger charge is 2.12. The van der Waals surface area contributed by atoms with Gasteiger partial charge in [-0.25, -0.2) is 13.6 Å². The predicted octanol–water partition coefficient (Wildman–Crippen LogP) is 2.32. The fourth-order valence-corrected chi connectivity index (χ4v) is 3.42. The van der Waals surface area contributed by atoms with E-state index in [2.05, 4.69) is 5.32 Å². The van der Waals surface area contributed by atoms with Gasteiger partial charge in [-0.1, -0.05) is 12.1 Å². The average Bonchev–Trinajstić information content (AvgIpc) is 2.55. The van der Waals surface area contributed by atoms with Crippen LogP contribution in [0.3, 0.4) is 0 Å². The molecule has 2 rings (SSSR count). The number of amides is 1. The Morgan fingerprint density at radius 3 is 2.46 bits per heavy atom. The van der Waals surface area contributed by atoms with Crippen molar-refractivity contribution in [3.63, 3.8) is 0 Å². The standard InChI is InChI=1S/C16H18N2O4S2/c1-22-10-11-23-15-5-3-2-4-14(15)16(19)18-12-6-8-13(9-7-12)24(17,20)21/h2-9H,10-11H2,1H3,(H,18,19)(H2,17,20,21). The van der Waals surface area contributed by atoms with E-state index in [9.17, 15) is 13.2 Å². The topological polar surface area (TPSA) is 98.5 Å². The average molecular weight is 366 g/mol. The van der Waals surface area contributed by atoms with Crippen molar-refractivity contribution in [2.75, 3.05) is 24.8 Å². The van der Waals surface area contributed by atoms with Crippen LogP contribution in [0.4, 0.5) is 5.69 Å². The van der Waals surface area contributed by atoms with Crippen molar-refractivity contribution in [3.8, 4) is 0 Å². The molecule has 0 aliphatic rings. The minimum atomic E-state index is -3.75. The lowest BCUT2D eigenvalue weighted by molar-refractivity contribution is 0.102. The summed E-state index contributed by atoms with van der Waals surface area (Å²) in [4.78, 5) is 13.3. The molecule has 0 aromatic heterocycles. The third-order valence-corrected chi connectivity index (χ3v) is 5.08. The van der Waals surface area contributed by atoms with Gasteiger partial charge < -0.3 is 10.1 Å². The van der Waals surface area contributed by atoms with E-state index in [0.717, 1.165) is 10.6 Å². The Hall–Kier alpha value is -1.87. The van der Waals surface area contributed by atoms with Gasteiger partial charge in [0.2, 0.25) is 10.0 Å². The number of carbonyl (C=O) groups excluding carboxylic acids is 1. The van der Waals surface area contributed by atoms with Gasteiger partial charge in [0.15, 0.2) is 0 Å². The normalized spacial score (nSPS) is 11.2. The van der Waals surface area contributed by atoms with E-state index in [1.165, 1.54) is 36.0 Å². The lowest BCUT2D eigenvalue weighted by Gasteiger charge is -2.10. The van der Waals surface area contributed by atoms with Gasteiger partial charge in [0.25, 0.3) is 5.91 Å². The van der Waals surface area contributed by atoms with Gasteiger partial charge in [0.1, 0.15) is 0 Å². The molecular formula is C16H18N2O4S2. The molecule has 0 saturated heterocycles. The first-order valence-corrected chi connectivity index (χ1v) is 9.60. The number of sulfonamides is 1. The first-order chi connectivity index (χ1) is 11.4. The Morgan fingerprint density at radius 1 is 1.17 bits per heavy atom. The minimum Gasteiger partial charge on any atom is -0.384 e. The molecular weight excluding hydrogens is 348 g/mol. The van der Waals surface area contributed by atoms with Crippen LogP contribution in [0.2, 0.25) is 0 Å². The van der Waals surface area contributed by atoms with Gasteiger partial charge >= 0.3 is 0 Å². The summed E-state index contributed by atoms with van der Waals surface area (Å²) in [6.07, 6.45) is 0. The van der Waals surface area contributed by atoms with Crippen LogP contribution in [0.1, 0.15) is 10.4 Å². The SMILES string of the molecule is COCCSc1ccccc1C(=O)Nc1ccc(S(N)(=O)=O)cc1. The van der Waals surface area contributed by atoms with Crippen LogP contribution in [0, 0.1) is 0 Å². The maximum atomic E-state index is 12.5. The van der Waals surface area contributed by atoms with E-state index in [0.29, 0.717) is 17.9 Å². The molecule has 0 radical (unpaired) electrons. The van der Waals surface area contributed by atoms with Crippen LogP contribution in [-0.4, -0.2) is 33.8 Å². The number of rotatable bonds is 7.